The highest BCUT2D eigenvalue weighted by atomic mass is 16.3. The number of hydrogen-bond donors (Lipinski definition) is 3. The van der Waals surface area contributed by atoms with Gasteiger partial charge in [0.2, 0.25) is 5.91 Å². The van der Waals surface area contributed by atoms with Crippen molar-refractivity contribution in [2.24, 2.45) is 11.5 Å². The van der Waals surface area contributed by atoms with E-state index in [2.05, 4.69) is 0 Å². The van der Waals surface area contributed by atoms with Crippen LogP contribution in [0.25, 0.3) is 0 Å². The number of hydrogen-bond acceptors (Lipinski definition) is 3. The van der Waals surface area contributed by atoms with Crippen LogP contribution in [0.2, 0.25) is 0 Å². The Hall–Kier alpha value is -1.39. The monoisotopic (exact) mass is 194 g/mol. The van der Waals surface area contributed by atoms with Crippen molar-refractivity contribution in [3.05, 3.63) is 35.4 Å². The Balaban J connectivity index is 2.96. The first kappa shape index (κ1) is 10.7. The first-order chi connectivity index (χ1) is 6.65. The molecule has 0 aliphatic heterocycles. The van der Waals surface area contributed by atoms with Gasteiger partial charge in [-0.15, -0.1) is 0 Å². The van der Waals surface area contributed by atoms with Gasteiger partial charge in [-0.1, -0.05) is 24.3 Å². The highest BCUT2D eigenvalue weighted by molar-refractivity contribution is 5.77. The van der Waals surface area contributed by atoms with Crippen LogP contribution in [0.15, 0.2) is 24.3 Å². The van der Waals surface area contributed by atoms with Crippen molar-refractivity contribution in [2.45, 2.75) is 12.5 Å². The molecular weight excluding hydrogens is 180 g/mol. The Kier molecular flexibility index (Phi) is 3.62. The molecule has 76 valence electrons. The molecule has 4 heteroatoms. The first-order valence-electron chi connectivity index (χ1n) is 4.37. The summed E-state index contributed by atoms with van der Waals surface area (Å²) < 4.78 is 0. The molecule has 5 N–H and O–H groups in total. The predicted octanol–water partition coefficient (Wildman–Crippen LogP) is -0.293. The molecular formula is C10H14N2O2. The molecule has 0 aromatic heterocycles. The summed E-state index contributed by atoms with van der Waals surface area (Å²) in [5, 5.41) is 8.91. The van der Waals surface area contributed by atoms with Gasteiger partial charge in [0.15, 0.2) is 0 Å². The zero-order valence-corrected chi connectivity index (χ0v) is 7.81. The summed E-state index contributed by atoms with van der Waals surface area (Å²) in [5.41, 5.74) is 12.3. The number of nitrogens with two attached hydrogens (primary N) is 2. The number of rotatable bonds is 4. The molecule has 0 aliphatic rings. The van der Waals surface area contributed by atoms with Gasteiger partial charge in [-0.2, -0.15) is 0 Å². The van der Waals surface area contributed by atoms with Crippen LogP contribution in [0.5, 0.6) is 0 Å². The van der Waals surface area contributed by atoms with Gasteiger partial charge in [0.05, 0.1) is 19.1 Å². The third-order valence-electron chi connectivity index (χ3n) is 2.02. The van der Waals surface area contributed by atoms with Gasteiger partial charge in [-0.3, -0.25) is 4.79 Å². The molecule has 0 aliphatic carbocycles. The van der Waals surface area contributed by atoms with Crippen molar-refractivity contribution in [3.8, 4) is 0 Å². The average Bonchev–Trinajstić information content (AvgIpc) is 2.16. The van der Waals surface area contributed by atoms with Crippen LogP contribution in [0.1, 0.15) is 17.2 Å². The van der Waals surface area contributed by atoms with Crippen molar-refractivity contribution < 1.29 is 9.90 Å². The van der Waals surface area contributed by atoms with Gasteiger partial charge in [-0.05, 0) is 11.1 Å². The van der Waals surface area contributed by atoms with Crippen LogP contribution in [0.4, 0.5) is 0 Å². The molecule has 0 fully saturated rings. The summed E-state index contributed by atoms with van der Waals surface area (Å²) in [6.07, 6.45) is 0.157. The van der Waals surface area contributed by atoms with E-state index in [1.807, 2.05) is 12.1 Å². The molecule has 0 radical (unpaired) electrons. The third-order valence-corrected chi connectivity index (χ3v) is 2.02. The molecule has 0 bridgehead atoms. The Morgan fingerprint density at radius 3 is 2.64 bits per heavy atom. The Bertz CT molecular complexity index is 326. The number of primary amides is 1. The fourth-order valence-corrected chi connectivity index (χ4v) is 1.34. The molecule has 0 saturated carbocycles. The Labute approximate surface area is 82.5 Å². The summed E-state index contributed by atoms with van der Waals surface area (Å²) in [5.74, 6) is -0.400. The molecule has 1 aromatic rings. The van der Waals surface area contributed by atoms with Crippen molar-refractivity contribution in [3.63, 3.8) is 0 Å². The quantitative estimate of drug-likeness (QED) is 0.615. The van der Waals surface area contributed by atoms with Crippen LogP contribution in [0, 0.1) is 0 Å². The van der Waals surface area contributed by atoms with E-state index in [1.165, 1.54) is 0 Å². The molecule has 1 amide bonds. The number of aliphatic hydroxyl groups is 1. The summed E-state index contributed by atoms with van der Waals surface area (Å²) in [6.45, 7) is -0.143. The minimum absolute atomic E-state index is 0.143. The number of amides is 1. The van der Waals surface area contributed by atoms with E-state index in [4.69, 9.17) is 16.6 Å². The van der Waals surface area contributed by atoms with E-state index in [1.54, 1.807) is 12.1 Å². The predicted molar refractivity (Wildman–Crippen MR) is 53.4 cm³/mol. The number of benzene rings is 1. The van der Waals surface area contributed by atoms with Crippen molar-refractivity contribution >= 4 is 5.91 Å². The van der Waals surface area contributed by atoms with Crippen LogP contribution in [0.3, 0.4) is 0 Å². The van der Waals surface area contributed by atoms with E-state index in [9.17, 15) is 4.79 Å². The van der Waals surface area contributed by atoms with Gasteiger partial charge >= 0.3 is 0 Å². The van der Waals surface area contributed by atoms with Crippen molar-refractivity contribution in [1.82, 2.24) is 0 Å². The third kappa shape index (κ3) is 2.55. The SMILES string of the molecule is NC(=O)Cc1ccccc1C(N)CO. The molecule has 14 heavy (non-hydrogen) atoms. The number of carbonyl (C=O) groups is 1. The maximum atomic E-state index is 10.8. The lowest BCUT2D eigenvalue weighted by Gasteiger charge is -2.12. The highest BCUT2D eigenvalue weighted by Crippen LogP contribution is 2.15. The Morgan fingerprint density at radius 2 is 2.07 bits per heavy atom. The number of carbonyl (C=O) groups excluding carboxylic acids is 1. The molecule has 0 saturated heterocycles. The van der Waals surface area contributed by atoms with Crippen molar-refractivity contribution in [2.75, 3.05) is 6.61 Å². The van der Waals surface area contributed by atoms with Crippen LogP contribution in [-0.2, 0) is 11.2 Å². The lowest BCUT2D eigenvalue weighted by molar-refractivity contribution is -0.117. The van der Waals surface area contributed by atoms with Crippen molar-refractivity contribution in [1.29, 1.82) is 0 Å². The van der Waals surface area contributed by atoms with Gasteiger partial charge in [0.1, 0.15) is 0 Å². The van der Waals surface area contributed by atoms with Gasteiger partial charge in [0, 0.05) is 0 Å². The van der Waals surface area contributed by atoms with E-state index >= 15 is 0 Å². The lowest BCUT2D eigenvalue weighted by Crippen LogP contribution is -2.20. The van der Waals surface area contributed by atoms with Gasteiger partial charge in [0.25, 0.3) is 0 Å². The summed E-state index contributed by atoms with van der Waals surface area (Å²) in [7, 11) is 0. The Morgan fingerprint density at radius 1 is 1.43 bits per heavy atom. The van der Waals surface area contributed by atoms with E-state index in [0.717, 1.165) is 11.1 Å². The number of aliphatic hydroxyl groups excluding tert-OH is 1. The minimum atomic E-state index is -0.453. The maximum absolute atomic E-state index is 10.8. The average molecular weight is 194 g/mol. The minimum Gasteiger partial charge on any atom is -0.394 e. The van der Waals surface area contributed by atoms with E-state index in [0.29, 0.717) is 0 Å². The van der Waals surface area contributed by atoms with Gasteiger partial charge < -0.3 is 16.6 Å². The normalized spacial score (nSPS) is 12.4. The highest BCUT2D eigenvalue weighted by Gasteiger charge is 2.10. The fourth-order valence-electron chi connectivity index (χ4n) is 1.34. The standard InChI is InChI=1S/C10H14N2O2/c11-9(6-13)8-4-2-1-3-7(8)5-10(12)14/h1-4,9,13H,5-6,11H2,(H2,12,14). The van der Waals surface area contributed by atoms with Crippen LogP contribution in [-0.4, -0.2) is 17.6 Å². The van der Waals surface area contributed by atoms with E-state index in [-0.39, 0.29) is 13.0 Å². The topological polar surface area (TPSA) is 89.3 Å². The maximum Gasteiger partial charge on any atom is 0.221 e. The second kappa shape index (κ2) is 4.74. The summed E-state index contributed by atoms with van der Waals surface area (Å²) >= 11 is 0. The zero-order chi connectivity index (χ0) is 10.6. The molecule has 1 atom stereocenters. The largest absolute Gasteiger partial charge is 0.394 e. The fraction of sp³-hybridized carbons (Fsp3) is 0.300. The molecule has 4 nitrogen and oxygen atoms in total. The molecule has 1 unspecified atom stereocenters. The molecule has 1 aromatic carbocycles. The summed E-state index contributed by atoms with van der Waals surface area (Å²) in [4.78, 5) is 10.8. The zero-order valence-electron chi connectivity index (χ0n) is 7.81. The second-order valence-electron chi connectivity index (χ2n) is 3.13. The van der Waals surface area contributed by atoms with Crippen LogP contribution >= 0.6 is 0 Å². The molecule has 1 rings (SSSR count). The summed E-state index contributed by atoms with van der Waals surface area (Å²) in [6, 6.07) is 6.75. The smallest absolute Gasteiger partial charge is 0.221 e. The first-order valence-corrected chi connectivity index (χ1v) is 4.37. The lowest BCUT2D eigenvalue weighted by atomic mass is 9.99. The van der Waals surface area contributed by atoms with E-state index < -0.39 is 11.9 Å². The van der Waals surface area contributed by atoms with Gasteiger partial charge in [-0.25, -0.2) is 0 Å². The van der Waals surface area contributed by atoms with Crippen LogP contribution < -0.4 is 11.5 Å². The second-order valence-corrected chi connectivity index (χ2v) is 3.13. The molecule has 0 heterocycles. The molecule has 0 spiro atoms.